The van der Waals surface area contributed by atoms with Crippen molar-refractivity contribution in [2.24, 2.45) is 7.05 Å². The number of nitrogen functional groups attached to an aromatic ring is 1. The van der Waals surface area contributed by atoms with E-state index in [-0.39, 0.29) is 0 Å². The van der Waals surface area contributed by atoms with Crippen LogP contribution in [0.4, 0.5) is 10.9 Å². The van der Waals surface area contributed by atoms with Gasteiger partial charge >= 0.3 is 0 Å². The minimum atomic E-state index is 0.485. The summed E-state index contributed by atoms with van der Waals surface area (Å²) in [6.45, 7) is 0. The number of aromatic nitrogens is 5. The van der Waals surface area contributed by atoms with Gasteiger partial charge in [-0.25, -0.2) is 15.0 Å². The van der Waals surface area contributed by atoms with Gasteiger partial charge in [0.15, 0.2) is 10.8 Å². The predicted octanol–water partition coefficient (Wildman–Crippen LogP) is 1.23. The second-order valence-electron chi connectivity index (χ2n) is 4.41. The summed E-state index contributed by atoms with van der Waals surface area (Å²) in [5.74, 6) is 1.22. The van der Waals surface area contributed by atoms with E-state index in [2.05, 4.69) is 25.4 Å². The number of nitrogens with two attached hydrogens (primary N) is 1. The van der Waals surface area contributed by atoms with Gasteiger partial charge in [-0.05, 0) is 6.42 Å². The van der Waals surface area contributed by atoms with Crippen molar-refractivity contribution in [2.75, 3.05) is 18.1 Å². The number of nitrogens with one attached hydrogen (secondary N) is 1. The molecule has 0 fully saturated rings. The summed E-state index contributed by atoms with van der Waals surface area (Å²) in [7, 11) is 3.71. The molecule has 0 bridgehead atoms. The number of anilines is 2. The summed E-state index contributed by atoms with van der Waals surface area (Å²) < 4.78 is 1.71. The van der Waals surface area contributed by atoms with Gasteiger partial charge in [0.25, 0.3) is 0 Å². The van der Waals surface area contributed by atoms with Crippen LogP contribution in [0.2, 0.25) is 0 Å². The second-order valence-corrected chi connectivity index (χ2v) is 5.53. The van der Waals surface area contributed by atoms with Gasteiger partial charge in [-0.1, -0.05) is 0 Å². The Morgan fingerprint density at radius 3 is 2.90 bits per heavy atom. The smallest absolute Gasteiger partial charge is 0.182 e. The van der Waals surface area contributed by atoms with Crippen LogP contribution in [0.1, 0.15) is 10.7 Å². The fourth-order valence-corrected chi connectivity index (χ4v) is 2.74. The summed E-state index contributed by atoms with van der Waals surface area (Å²) >= 11 is 1.64. The highest BCUT2D eigenvalue weighted by molar-refractivity contribution is 7.15. The fraction of sp³-hybridized carbons (Fsp3) is 0.333. The van der Waals surface area contributed by atoms with Crippen molar-refractivity contribution in [3.05, 3.63) is 23.1 Å². The summed E-state index contributed by atoms with van der Waals surface area (Å²) in [6.07, 6.45) is 5.15. The minimum absolute atomic E-state index is 0.485. The van der Waals surface area contributed by atoms with E-state index in [1.807, 2.05) is 20.3 Å². The molecule has 0 aromatic carbocycles. The Bertz CT molecular complexity index is 745. The van der Waals surface area contributed by atoms with Crippen LogP contribution in [0.5, 0.6) is 0 Å². The zero-order chi connectivity index (χ0) is 14.1. The largest absolute Gasteiger partial charge is 0.383 e. The fourth-order valence-electron chi connectivity index (χ4n) is 1.98. The Morgan fingerprint density at radius 1 is 1.30 bits per heavy atom. The van der Waals surface area contributed by atoms with Crippen molar-refractivity contribution >= 4 is 33.3 Å². The lowest BCUT2D eigenvalue weighted by Gasteiger charge is -2.02. The molecule has 0 atom stereocenters. The monoisotopic (exact) mass is 289 g/mol. The van der Waals surface area contributed by atoms with E-state index in [1.54, 1.807) is 22.2 Å². The van der Waals surface area contributed by atoms with Gasteiger partial charge in [-0.2, -0.15) is 5.10 Å². The Balaban J connectivity index is 1.81. The molecular weight excluding hydrogens is 274 g/mol. The maximum Gasteiger partial charge on any atom is 0.182 e. The highest BCUT2D eigenvalue weighted by Gasteiger charge is 2.10. The van der Waals surface area contributed by atoms with Crippen LogP contribution in [-0.4, -0.2) is 31.8 Å². The first kappa shape index (κ1) is 12.8. The molecule has 3 aromatic rings. The van der Waals surface area contributed by atoms with Gasteiger partial charge in [0.2, 0.25) is 0 Å². The predicted molar refractivity (Wildman–Crippen MR) is 79.8 cm³/mol. The molecule has 7 nitrogen and oxygen atoms in total. The van der Waals surface area contributed by atoms with E-state index >= 15 is 0 Å². The first-order valence-corrected chi connectivity index (χ1v) is 7.05. The molecule has 0 spiro atoms. The number of nitrogens with zero attached hydrogens (tertiary/aromatic N) is 5. The SMILES string of the molecule is CNc1ncc(CCc2nc(N)c3cnn(C)c3n2)s1. The molecule has 3 heterocycles. The van der Waals surface area contributed by atoms with Crippen LogP contribution in [0.3, 0.4) is 0 Å². The number of fused-ring (bicyclic) bond motifs is 1. The Labute approximate surface area is 119 Å². The first-order chi connectivity index (χ1) is 9.67. The molecule has 104 valence electrons. The third-order valence-corrected chi connectivity index (χ3v) is 4.10. The summed E-state index contributed by atoms with van der Waals surface area (Å²) in [5, 5.41) is 8.89. The lowest BCUT2D eigenvalue weighted by molar-refractivity contribution is 0.776. The summed E-state index contributed by atoms with van der Waals surface area (Å²) in [6, 6.07) is 0. The standard InChI is InChI=1S/C12H15N7S/c1-14-12-15-5-7(20-12)3-4-9-17-10(13)8-6-16-19(2)11(8)18-9/h5-6H,3-4H2,1-2H3,(H,14,15)(H2,13,17,18). The number of aryl methyl sites for hydroxylation is 3. The van der Waals surface area contributed by atoms with Gasteiger partial charge in [-0.3, -0.25) is 4.68 Å². The third kappa shape index (κ3) is 2.29. The number of thiazole rings is 1. The molecule has 3 rings (SSSR count). The van der Waals surface area contributed by atoms with E-state index in [1.165, 1.54) is 4.88 Å². The second kappa shape index (κ2) is 5.04. The topological polar surface area (TPSA) is 94.5 Å². The van der Waals surface area contributed by atoms with Gasteiger partial charge in [-0.15, -0.1) is 11.3 Å². The third-order valence-electron chi connectivity index (χ3n) is 3.03. The van der Waals surface area contributed by atoms with E-state index in [0.717, 1.165) is 34.8 Å². The minimum Gasteiger partial charge on any atom is -0.383 e. The van der Waals surface area contributed by atoms with Crippen molar-refractivity contribution in [3.8, 4) is 0 Å². The number of hydrogen-bond acceptors (Lipinski definition) is 7. The molecule has 0 unspecified atom stereocenters. The van der Waals surface area contributed by atoms with Crippen LogP contribution >= 0.6 is 11.3 Å². The Morgan fingerprint density at radius 2 is 2.15 bits per heavy atom. The van der Waals surface area contributed by atoms with Crippen molar-refractivity contribution in [3.63, 3.8) is 0 Å². The van der Waals surface area contributed by atoms with Crippen LogP contribution in [0, 0.1) is 0 Å². The van der Waals surface area contributed by atoms with Crippen LogP contribution in [0.15, 0.2) is 12.4 Å². The molecule has 8 heteroatoms. The summed E-state index contributed by atoms with van der Waals surface area (Å²) in [5.41, 5.74) is 6.71. The van der Waals surface area contributed by atoms with Crippen molar-refractivity contribution in [1.82, 2.24) is 24.7 Å². The molecular formula is C12H15N7S. The zero-order valence-electron chi connectivity index (χ0n) is 11.3. The van der Waals surface area contributed by atoms with Crippen molar-refractivity contribution in [1.29, 1.82) is 0 Å². The molecule has 0 aliphatic carbocycles. The van der Waals surface area contributed by atoms with E-state index in [9.17, 15) is 0 Å². The van der Waals surface area contributed by atoms with E-state index in [0.29, 0.717) is 5.82 Å². The molecule has 0 saturated heterocycles. The average molecular weight is 289 g/mol. The quantitative estimate of drug-likeness (QED) is 0.750. The van der Waals surface area contributed by atoms with E-state index < -0.39 is 0 Å². The molecule has 0 amide bonds. The van der Waals surface area contributed by atoms with Crippen LogP contribution < -0.4 is 11.1 Å². The lowest BCUT2D eigenvalue weighted by Crippen LogP contribution is -2.03. The van der Waals surface area contributed by atoms with Crippen molar-refractivity contribution < 1.29 is 0 Å². The first-order valence-electron chi connectivity index (χ1n) is 6.24. The van der Waals surface area contributed by atoms with Gasteiger partial charge in [0.05, 0.1) is 11.6 Å². The number of hydrogen-bond donors (Lipinski definition) is 2. The van der Waals surface area contributed by atoms with Crippen molar-refractivity contribution in [2.45, 2.75) is 12.8 Å². The highest BCUT2D eigenvalue weighted by Crippen LogP contribution is 2.20. The van der Waals surface area contributed by atoms with Crippen LogP contribution in [0.25, 0.3) is 11.0 Å². The molecule has 3 N–H and O–H groups in total. The summed E-state index contributed by atoms with van der Waals surface area (Å²) in [4.78, 5) is 14.3. The van der Waals surface area contributed by atoms with Crippen LogP contribution in [-0.2, 0) is 19.9 Å². The highest BCUT2D eigenvalue weighted by atomic mass is 32.1. The molecule has 0 radical (unpaired) electrons. The molecule has 20 heavy (non-hydrogen) atoms. The average Bonchev–Trinajstić information content (AvgIpc) is 3.04. The number of rotatable bonds is 4. The molecule has 0 aliphatic heterocycles. The normalized spacial score (nSPS) is 11.1. The lowest BCUT2D eigenvalue weighted by atomic mass is 10.2. The Kier molecular flexibility index (Phi) is 3.23. The van der Waals surface area contributed by atoms with Gasteiger partial charge in [0.1, 0.15) is 11.6 Å². The zero-order valence-corrected chi connectivity index (χ0v) is 12.1. The van der Waals surface area contributed by atoms with E-state index in [4.69, 9.17) is 5.73 Å². The van der Waals surface area contributed by atoms with Gasteiger partial charge in [0, 0.05) is 31.6 Å². The molecule has 0 saturated carbocycles. The van der Waals surface area contributed by atoms with Gasteiger partial charge < -0.3 is 11.1 Å². The Hall–Kier alpha value is -2.22. The maximum atomic E-state index is 5.94. The maximum absolute atomic E-state index is 5.94. The molecule has 0 aliphatic rings. The molecule has 3 aromatic heterocycles.